The Labute approximate surface area is 125 Å². The van der Waals surface area contributed by atoms with E-state index < -0.39 is 0 Å². The maximum absolute atomic E-state index is 9.88. The topological polar surface area (TPSA) is 65.3 Å². The Morgan fingerprint density at radius 1 is 1.30 bits per heavy atom. The largest absolute Gasteiger partial charge is 0.507 e. The van der Waals surface area contributed by atoms with E-state index in [0.29, 0.717) is 17.9 Å². The monoisotopic (exact) mass is 332 g/mol. The van der Waals surface area contributed by atoms with Gasteiger partial charge in [-0.3, -0.25) is 0 Å². The number of aromatic hydroxyl groups is 1. The number of rotatable bonds is 4. The third-order valence-electron chi connectivity index (χ3n) is 2.86. The molecule has 2 N–H and O–H groups in total. The molecule has 0 aliphatic rings. The highest BCUT2D eigenvalue weighted by Crippen LogP contribution is 2.27. The highest BCUT2D eigenvalue weighted by atomic mass is 79.9. The van der Waals surface area contributed by atoms with Crippen LogP contribution in [0.4, 0.5) is 5.69 Å². The van der Waals surface area contributed by atoms with Gasteiger partial charge in [0.1, 0.15) is 11.5 Å². The molecular weight excluding hydrogens is 320 g/mol. The smallest absolute Gasteiger partial charge is 0.124 e. The quantitative estimate of drug-likeness (QED) is 0.896. The number of phenols is 1. The minimum absolute atomic E-state index is 0.182. The molecule has 2 aromatic rings. The van der Waals surface area contributed by atoms with Crippen LogP contribution < -0.4 is 10.1 Å². The van der Waals surface area contributed by atoms with E-state index in [-0.39, 0.29) is 5.75 Å². The molecule has 5 heteroatoms. The van der Waals surface area contributed by atoms with Crippen molar-refractivity contribution in [1.82, 2.24) is 0 Å². The number of hydrogen-bond acceptors (Lipinski definition) is 4. The molecule has 0 unspecified atom stereocenters. The molecule has 0 spiro atoms. The van der Waals surface area contributed by atoms with Crippen LogP contribution >= 0.6 is 15.9 Å². The van der Waals surface area contributed by atoms with Crippen molar-refractivity contribution in [3.8, 4) is 17.6 Å². The first kappa shape index (κ1) is 14.2. The number of benzene rings is 2. The van der Waals surface area contributed by atoms with E-state index in [4.69, 9.17) is 10.00 Å². The van der Waals surface area contributed by atoms with Crippen molar-refractivity contribution < 1.29 is 9.84 Å². The first-order chi connectivity index (χ1) is 9.63. The SMILES string of the molecule is COc1ccc(CNc2ccc(C#N)cc2Br)c(O)c1. The summed E-state index contributed by atoms with van der Waals surface area (Å²) in [4.78, 5) is 0. The van der Waals surface area contributed by atoms with Gasteiger partial charge in [0.2, 0.25) is 0 Å². The van der Waals surface area contributed by atoms with E-state index in [0.717, 1.165) is 15.7 Å². The Hall–Kier alpha value is -2.19. The van der Waals surface area contributed by atoms with Crippen molar-refractivity contribution in [2.75, 3.05) is 12.4 Å². The minimum Gasteiger partial charge on any atom is -0.507 e. The summed E-state index contributed by atoms with van der Waals surface area (Å²) in [6, 6.07) is 12.6. The number of hydrogen-bond donors (Lipinski definition) is 2. The highest BCUT2D eigenvalue weighted by Gasteiger charge is 2.05. The summed E-state index contributed by atoms with van der Waals surface area (Å²) in [5.41, 5.74) is 2.22. The number of methoxy groups -OCH3 is 1. The van der Waals surface area contributed by atoms with Crippen LogP contribution in [0.3, 0.4) is 0 Å². The van der Waals surface area contributed by atoms with E-state index >= 15 is 0 Å². The second-order valence-corrected chi connectivity index (χ2v) is 5.01. The van der Waals surface area contributed by atoms with Crippen molar-refractivity contribution in [3.05, 3.63) is 52.0 Å². The zero-order valence-corrected chi connectivity index (χ0v) is 12.4. The molecule has 0 heterocycles. The average Bonchev–Trinajstić information content (AvgIpc) is 2.46. The predicted octanol–water partition coefficient (Wildman–Crippen LogP) is 3.65. The van der Waals surface area contributed by atoms with Crippen LogP contribution in [0.5, 0.6) is 11.5 Å². The minimum atomic E-state index is 0.182. The Bertz CT molecular complexity index is 665. The van der Waals surface area contributed by atoms with Gasteiger partial charge < -0.3 is 15.2 Å². The number of phenolic OH excluding ortho intramolecular Hbond substituents is 1. The third kappa shape index (κ3) is 3.22. The van der Waals surface area contributed by atoms with Crippen LogP contribution in [0.1, 0.15) is 11.1 Å². The molecule has 0 aliphatic heterocycles. The summed E-state index contributed by atoms with van der Waals surface area (Å²) < 4.78 is 5.85. The van der Waals surface area contributed by atoms with Gasteiger partial charge in [0, 0.05) is 28.3 Å². The standard InChI is InChI=1S/C15H13BrN2O2/c1-20-12-4-3-11(15(19)7-12)9-18-14-5-2-10(8-17)6-13(14)16/h2-7,18-19H,9H2,1H3. The second kappa shape index (κ2) is 6.31. The van der Waals surface area contributed by atoms with Crippen LogP contribution in [-0.4, -0.2) is 12.2 Å². The fourth-order valence-electron chi connectivity index (χ4n) is 1.74. The van der Waals surface area contributed by atoms with Crippen molar-refractivity contribution in [2.24, 2.45) is 0 Å². The molecule has 102 valence electrons. The highest BCUT2D eigenvalue weighted by molar-refractivity contribution is 9.10. The molecule has 0 radical (unpaired) electrons. The first-order valence-corrected chi connectivity index (χ1v) is 6.72. The molecule has 0 amide bonds. The summed E-state index contributed by atoms with van der Waals surface area (Å²) in [5.74, 6) is 0.799. The zero-order chi connectivity index (χ0) is 14.5. The number of nitrogens with one attached hydrogen (secondary N) is 1. The van der Waals surface area contributed by atoms with Crippen molar-refractivity contribution >= 4 is 21.6 Å². The fourth-order valence-corrected chi connectivity index (χ4v) is 2.26. The number of nitriles is 1. The lowest BCUT2D eigenvalue weighted by Crippen LogP contribution is -2.00. The zero-order valence-electron chi connectivity index (χ0n) is 10.9. The molecule has 0 bridgehead atoms. The van der Waals surface area contributed by atoms with Gasteiger partial charge in [0.25, 0.3) is 0 Å². The molecule has 0 saturated carbocycles. The van der Waals surface area contributed by atoms with E-state index in [2.05, 4.69) is 27.3 Å². The fraction of sp³-hybridized carbons (Fsp3) is 0.133. The second-order valence-electron chi connectivity index (χ2n) is 4.15. The third-order valence-corrected chi connectivity index (χ3v) is 3.52. The molecule has 2 aromatic carbocycles. The number of ether oxygens (including phenoxy) is 1. The maximum Gasteiger partial charge on any atom is 0.124 e. The van der Waals surface area contributed by atoms with Gasteiger partial charge in [-0.1, -0.05) is 0 Å². The molecule has 0 fully saturated rings. The van der Waals surface area contributed by atoms with Crippen LogP contribution in [0.25, 0.3) is 0 Å². The summed E-state index contributed by atoms with van der Waals surface area (Å²) in [6.45, 7) is 0.473. The summed E-state index contributed by atoms with van der Waals surface area (Å²) in [7, 11) is 1.56. The van der Waals surface area contributed by atoms with Gasteiger partial charge in [-0.2, -0.15) is 5.26 Å². The lowest BCUT2D eigenvalue weighted by Gasteiger charge is -2.11. The Kier molecular flexibility index (Phi) is 4.49. The molecular formula is C15H13BrN2O2. The molecule has 4 nitrogen and oxygen atoms in total. The van der Waals surface area contributed by atoms with Crippen molar-refractivity contribution in [2.45, 2.75) is 6.54 Å². The molecule has 0 atom stereocenters. The average molecular weight is 333 g/mol. The normalized spacial score (nSPS) is 9.85. The van der Waals surface area contributed by atoms with Gasteiger partial charge in [0.15, 0.2) is 0 Å². The van der Waals surface area contributed by atoms with Crippen LogP contribution in [-0.2, 0) is 6.54 Å². The lowest BCUT2D eigenvalue weighted by molar-refractivity contribution is 0.406. The molecule has 0 saturated heterocycles. The van der Waals surface area contributed by atoms with Crippen LogP contribution in [0.15, 0.2) is 40.9 Å². The molecule has 20 heavy (non-hydrogen) atoms. The molecule has 0 aromatic heterocycles. The van der Waals surface area contributed by atoms with Gasteiger partial charge in [-0.05, 0) is 46.3 Å². The van der Waals surface area contributed by atoms with Crippen LogP contribution in [0.2, 0.25) is 0 Å². The van der Waals surface area contributed by atoms with Gasteiger partial charge in [-0.15, -0.1) is 0 Å². The Morgan fingerprint density at radius 3 is 2.70 bits per heavy atom. The summed E-state index contributed by atoms with van der Waals surface area (Å²) in [5, 5.41) is 21.9. The Balaban J connectivity index is 2.11. The van der Waals surface area contributed by atoms with E-state index in [9.17, 15) is 5.11 Å². The number of nitrogens with zero attached hydrogens (tertiary/aromatic N) is 1. The van der Waals surface area contributed by atoms with Gasteiger partial charge in [0.05, 0.1) is 18.7 Å². The van der Waals surface area contributed by atoms with Crippen molar-refractivity contribution in [1.29, 1.82) is 5.26 Å². The van der Waals surface area contributed by atoms with E-state index in [1.165, 1.54) is 0 Å². The summed E-state index contributed by atoms with van der Waals surface area (Å²) >= 11 is 3.41. The van der Waals surface area contributed by atoms with Gasteiger partial charge >= 0.3 is 0 Å². The number of halogens is 1. The van der Waals surface area contributed by atoms with Crippen LogP contribution in [0, 0.1) is 11.3 Å². The number of anilines is 1. The predicted molar refractivity (Wildman–Crippen MR) is 80.8 cm³/mol. The first-order valence-electron chi connectivity index (χ1n) is 5.93. The maximum atomic E-state index is 9.88. The molecule has 0 aliphatic carbocycles. The molecule has 2 rings (SSSR count). The summed E-state index contributed by atoms with van der Waals surface area (Å²) in [6.07, 6.45) is 0. The van der Waals surface area contributed by atoms with E-state index in [1.54, 1.807) is 37.4 Å². The lowest BCUT2D eigenvalue weighted by atomic mass is 10.1. The van der Waals surface area contributed by atoms with E-state index in [1.807, 2.05) is 6.07 Å². The Morgan fingerprint density at radius 2 is 2.10 bits per heavy atom. The van der Waals surface area contributed by atoms with Crippen molar-refractivity contribution in [3.63, 3.8) is 0 Å². The van der Waals surface area contributed by atoms with Gasteiger partial charge in [-0.25, -0.2) is 0 Å².